The molecular weight excluding hydrogens is 458 g/mol. The Kier molecular flexibility index (Phi) is 6.41. The van der Waals surface area contributed by atoms with Gasteiger partial charge in [-0.25, -0.2) is 0 Å². The van der Waals surface area contributed by atoms with Crippen molar-refractivity contribution in [1.29, 1.82) is 0 Å². The number of hydrogen-bond donors (Lipinski definition) is 1. The molecule has 1 amide bonds. The van der Waals surface area contributed by atoms with Crippen molar-refractivity contribution < 1.29 is 28.9 Å². The van der Waals surface area contributed by atoms with Gasteiger partial charge < -0.3 is 24.2 Å². The smallest absolute Gasteiger partial charge is 0.290 e. The monoisotopic (exact) mass is 491 g/mol. The van der Waals surface area contributed by atoms with Gasteiger partial charge in [0.15, 0.2) is 23.0 Å². The molecular formula is C29H33NO6. The number of nitrogens with zero attached hydrogens (tertiary/aromatic N) is 1. The molecule has 2 aromatic rings. The minimum absolute atomic E-state index is 0.0278. The summed E-state index contributed by atoms with van der Waals surface area (Å²) < 4.78 is 17.1. The Balaban J connectivity index is 1.48. The van der Waals surface area contributed by atoms with Gasteiger partial charge in [-0.05, 0) is 66.5 Å². The third kappa shape index (κ3) is 4.10. The van der Waals surface area contributed by atoms with Gasteiger partial charge in [0.2, 0.25) is 0 Å². The quantitative estimate of drug-likeness (QED) is 0.643. The fraction of sp³-hybridized carbons (Fsp3) is 0.448. The molecule has 7 nitrogen and oxygen atoms in total. The van der Waals surface area contributed by atoms with E-state index in [9.17, 15) is 14.7 Å². The van der Waals surface area contributed by atoms with Crippen molar-refractivity contribution in [2.45, 2.75) is 45.3 Å². The number of benzene rings is 2. The van der Waals surface area contributed by atoms with Gasteiger partial charge >= 0.3 is 0 Å². The molecule has 5 unspecified atom stereocenters. The Labute approximate surface area is 211 Å². The van der Waals surface area contributed by atoms with E-state index in [0.29, 0.717) is 41.9 Å². The van der Waals surface area contributed by atoms with E-state index in [1.54, 1.807) is 43.4 Å². The molecule has 1 aliphatic carbocycles. The van der Waals surface area contributed by atoms with Crippen LogP contribution in [0.25, 0.3) is 0 Å². The molecule has 7 heteroatoms. The van der Waals surface area contributed by atoms with Crippen molar-refractivity contribution in [3.05, 3.63) is 64.9 Å². The van der Waals surface area contributed by atoms with Crippen molar-refractivity contribution in [2.24, 2.45) is 17.8 Å². The maximum atomic E-state index is 13.9. The predicted molar refractivity (Wildman–Crippen MR) is 134 cm³/mol. The lowest BCUT2D eigenvalue weighted by atomic mass is 9.70. The molecule has 0 aromatic heterocycles. The van der Waals surface area contributed by atoms with E-state index in [1.165, 1.54) is 0 Å². The minimum Gasteiger partial charge on any atom is -0.508 e. The second kappa shape index (κ2) is 9.52. The van der Waals surface area contributed by atoms with Crippen LogP contribution in [0.1, 0.15) is 43.9 Å². The molecule has 1 N–H and O–H groups in total. The summed E-state index contributed by atoms with van der Waals surface area (Å²) >= 11 is 0. The topological polar surface area (TPSA) is 85.3 Å². The second-order valence-corrected chi connectivity index (χ2v) is 10.2. The number of carbonyl (C=O) groups is 2. The van der Waals surface area contributed by atoms with Gasteiger partial charge in [-0.15, -0.1) is 0 Å². The van der Waals surface area contributed by atoms with Gasteiger partial charge in [0, 0.05) is 6.54 Å². The van der Waals surface area contributed by atoms with Crippen LogP contribution in [0.2, 0.25) is 0 Å². The zero-order chi connectivity index (χ0) is 25.6. The highest BCUT2D eigenvalue weighted by molar-refractivity contribution is 6.11. The predicted octanol–water partition coefficient (Wildman–Crippen LogP) is 4.44. The first kappa shape index (κ1) is 24.2. The van der Waals surface area contributed by atoms with Crippen LogP contribution in [0.4, 0.5) is 0 Å². The summed E-state index contributed by atoms with van der Waals surface area (Å²) in [5, 5.41) is 9.85. The lowest BCUT2D eigenvalue weighted by Gasteiger charge is -2.40. The number of phenols is 1. The second-order valence-electron chi connectivity index (χ2n) is 10.2. The number of hydrogen-bond acceptors (Lipinski definition) is 6. The van der Waals surface area contributed by atoms with Gasteiger partial charge in [0.05, 0.1) is 31.8 Å². The third-order valence-electron chi connectivity index (χ3n) is 8.10. The maximum absolute atomic E-state index is 13.9. The lowest BCUT2D eigenvalue weighted by molar-refractivity contribution is -0.137. The number of methoxy groups -OCH3 is 2. The number of fused-ring (bicyclic) bond motifs is 1. The summed E-state index contributed by atoms with van der Waals surface area (Å²) in [5.74, 6) is 2.01. The summed E-state index contributed by atoms with van der Waals surface area (Å²) in [7, 11) is 3.18. The van der Waals surface area contributed by atoms with E-state index in [-0.39, 0.29) is 35.2 Å². The van der Waals surface area contributed by atoms with E-state index in [2.05, 4.69) is 13.8 Å². The van der Waals surface area contributed by atoms with Crippen LogP contribution in [-0.4, -0.2) is 48.6 Å². The van der Waals surface area contributed by atoms with Crippen LogP contribution >= 0.6 is 0 Å². The fourth-order valence-corrected chi connectivity index (χ4v) is 5.83. The highest BCUT2D eigenvalue weighted by Crippen LogP contribution is 2.48. The van der Waals surface area contributed by atoms with Crippen LogP contribution in [0.5, 0.6) is 17.2 Å². The molecule has 3 aliphatic rings. The first-order chi connectivity index (χ1) is 17.3. The zero-order valence-corrected chi connectivity index (χ0v) is 21.2. The molecule has 2 aliphatic heterocycles. The molecule has 36 heavy (non-hydrogen) atoms. The number of phenolic OH excluding ortho intramolecular Hbond substituents is 1. The number of Topliss-reactive ketones (excluding diaryl/α,β-unsaturated/α-hetero) is 1. The molecule has 1 fully saturated rings. The first-order valence-electron chi connectivity index (χ1n) is 12.6. The van der Waals surface area contributed by atoms with Crippen LogP contribution < -0.4 is 9.47 Å². The molecule has 5 atom stereocenters. The summed E-state index contributed by atoms with van der Waals surface area (Å²) in [6.45, 7) is 4.76. The Hall–Kier alpha value is -3.48. The minimum atomic E-state index is -0.545. The van der Waals surface area contributed by atoms with Crippen LogP contribution in [0.3, 0.4) is 0 Å². The summed E-state index contributed by atoms with van der Waals surface area (Å²) in [6, 6.07) is 11.9. The van der Waals surface area contributed by atoms with E-state index >= 15 is 0 Å². The molecule has 2 heterocycles. The largest absolute Gasteiger partial charge is 0.508 e. The van der Waals surface area contributed by atoms with Crippen molar-refractivity contribution in [2.75, 3.05) is 20.8 Å². The Morgan fingerprint density at radius 2 is 1.67 bits per heavy atom. The highest BCUT2D eigenvalue weighted by atomic mass is 16.5. The van der Waals surface area contributed by atoms with Crippen molar-refractivity contribution >= 4 is 11.7 Å². The van der Waals surface area contributed by atoms with E-state index in [1.807, 2.05) is 18.2 Å². The Bertz CT molecular complexity index is 1200. The summed E-state index contributed by atoms with van der Waals surface area (Å²) in [6.07, 6.45) is 1.86. The van der Waals surface area contributed by atoms with Crippen molar-refractivity contribution in [3.8, 4) is 17.2 Å². The van der Waals surface area contributed by atoms with Gasteiger partial charge in [-0.2, -0.15) is 0 Å². The average molecular weight is 492 g/mol. The number of ketones is 1. The average Bonchev–Trinajstić information content (AvgIpc) is 3.16. The molecule has 1 saturated carbocycles. The normalized spacial score (nSPS) is 27.4. The van der Waals surface area contributed by atoms with Gasteiger partial charge in [-0.1, -0.05) is 32.0 Å². The van der Waals surface area contributed by atoms with Crippen molar-refractivity contribution in [1.82, 2.24) is 4.90 Å². The molecule has 2 aromatic carbocycles. The number of carbonyl (C=O) groups excluding carboxylic acids is 2. The zero-order valence-electron chi connectivity index (χ0n) is 21.2. The number of amides is 1. The highest BCUT2D eigenvalue weighted by Gasteiger charge is 2.53. The van der Waals surface area contributed by atoms with E-state index < -0.39 is 6.04 Å². The molecule has 0 radical (unpaired) electrons. The summed E-state index contributed by atoms with van der Waals surface area (Å²) in [4.78, 5) is 29.3. The molecule has 0 bridgehead atoms. The molecule has 5 rings (SSSR count). The van der Waals surface area contributed by atoms with Crippen molar-refractivity contribution in [3.63, 3.8) is 0 Å². The van der Waals surface area contributed by atoms with E-state index in [0.717, 1.165) is 24.0 Å². The van der Waals surface area contributed by atoms with Crippen LogP contribution in [0, 0.1) is 17.8 Å². The fourth-order valence-electron chi connectivity index (χ4n) is 5.83. The number of rotatable bonds is 6. The van der Waals surface area contributed by atoms with Gasteiger partial charge in [0.1, 0.15) is 11.9 Å². The lowest BCUT2D eigenvalue weighted by Crippen LogP contribution is -2.43. The van der Waals surface area contributed by atoms with Gasteiger partial charge in [-0.3, -0.25) is 9.59 Å². The number of ether oxygens (including phenoxy) is 3. The van der Waals surface area contributed by atoms with E-state index in [4.69, 9.17) is 14.2 Å². The Morgan fingerprint density at radius 3 is 2.36 bits per heavy atom. The van der Waals surface area contributed by atoms with Gasteiger partial charge in [0.25, 0.3) is 5.91 Å². The molecule has 0 saturated heterocycles. The molecule has 190 valence electrons. The first-order valence-corrected chi connectivity index (χ1v) is 12.6. The standard InChI is InChI=1S/C29H33NO6/c1-16-13-21-23(14-17(16)2)36-28-25(27(21)32)26(19-6-8-20(31)9-7-19)30(29(28)33)12-11-18-5-10-22(34-3)24(15-18)35-4/h5-10,15-17,21,23,26,31H,11-14H2,1-4H3. The van der Waals surface area contributed by atoms with Crippen LogP contribution in [0.15, 0.2) is 53.8 Å². The SMILES string of the molecule is COc1ccc(CCN2C(=O)C3=C(C(=O)C4CC(C)C(C)CC4O3)C2c2ccc(O)cc2)cc1OC. The van der Waals surface area contributed by atoms with Crippen LogP contribution in [-0.2, 0) is 20.7 Å². The summed E-state index contributed by atoms with van der Waals surface area (Å²) in [5.41, 5.74) is 2.23. The Morgan fingerprint density at radius 1 is 0.972 bits per heavy atom. The third-order valence-corrected chi connectivity index (χ3v) is 8.10. The number of aromatic hydroxyl groups is 1. The molecule has 0 spiro atoms. The maximum Gasteiger partial charge on any atom is 0.290 e.